The molecule has 0 amide bonds. The molecular weight excluding hydrogens is 424 g/mol. The van der Waals surface area contributed by atoms with Gasteiger partial charge in [-0.15, -0.1) is 0 Å². The summed E-state index contributed by atoms with van der Waals surface area (Å²) < 4.78 is 43.3. The first-order valence-corrected chi connectivity index (χ1v) is 10.4. The van der Waals surface area contributed by atoms with Crippen LogP contribution >= 0.6 is 0 Å². The summed E-state index contributed by atoms with van der Waals surface area (Å²) in [6.45, 7) is 0.198. The summed E-state index contributed by atoms with van der Waals surface area (Å²) in [7, 11) is -0.0668. The number of carbonyl (C=O) groups excluding carboxylic acids is 1. The Morgan fingerprint density at radius 2 is 2.00 bits per heavy atom. The van der Waals surface area contributed by atoms with Crippen molar-refractivity contribution in [2.24, 2.45) is 0 Å². The van der Waals surface area contributed by atoms with Gasteiger partial charge in [0.2, 0.25) is 10.0 Å². The molecule has 0 spiro atoms. The van der Waals surface area contributed by atoms with Gasteiger partial charge in [0.05, 0.1) is 26.9 Å². The van der Waals surface area contributed by atoms with Gasteiger partial charge in [0.1, 0.15) is 16.8 Å². The minimum Gasteiger partial charge on any atom is -0.493 e. The average molecular weight is 446 g/mol. The molecule has 0 atom stereocenters. The maximum atomic E-state index is 12.9. The van der Waals surface area contributed by atoms with Crippen LogP contribution in [0.2, 0.25) is 0 Å². The lowest BCUT2D eigenvalue weighted by Gasteiger charge is -2.15. The summed E-state index contributed by atoms with van der Waals surface area (Å²) in [6.07, 6.45) is 4.09. The van der Waals surface area contributed by atoms with Crippen molar-refractivity contribution >= 4 is 27.9 Å². The lowest BCUT2D eigenvalue weighted by molar-refractivity contribution is -0.134. The lowest BCUT2D eigenvalue weighted by atomic mass is 10.2. The van der Waals surface area contributed by atoms with Crippen molar-refractivity contribution in [1.82, 2.24) is 9.71 Å². The minimum atomic E-state index is -4.00. The number of esters is 1. The Kier molecular flexibility index (Phi) is 8.36. The van der Waals surface area contributed by atoms with Crippen LogP contribution in [-0.4, -0.2) is 53.8 Å². The highest BCUT2D eigenvalue weighted by Crippen LogP contribution is 2.36. The van der Waals surface area contributed by atoms with E-state index in [-0.39, 0.29) is 29.5 Å². The van der Waals surface area contributed by atoms with Gasteiger partial charge in [-0.1, -0.05) is 0 Å². The van der Waals surface area contributed by atoms with Crippen molar-refractivity contribution in [2.75, 3.05) is 39.7 Å². The summed E-state index contributed by atoms with van der Waals surface area (Å²) in [5, 5.41) is 12.0. The monoisotopic (exact) mass is 446 g/mol. The molecule has 0 aliphatic rings. The maximum absolute atomic E-state index is 12.9. The molecule has 0 fully saturated rings. The summed E-state index contributed by atoms with van der Waals surface area (Å²) in [6, 6.07) is 8.12. The first-order chi connectivity index (χ1) is 14.9. The third-order valence-corrected chi connectivity index (χ3v) is 5.47. The number of nitriles is 1. The number of benzene rings is 1. The van der Waals surface area contributed by atoms with Gasteiger partial charge in [-0.05, 0) is 35.9 Å². The minimum absolute atomic E-state index is 0.0114. The van der Waals surface area contributed by atoms with Crippen LogP contribution in [0.25, 0.3) is 6.08 Å². The van der Waals surface area contributed by atoms with E-state index < -0.39 is 16.0 Å². The SMILES string of the molecule is COC(=O)/C=C/c1cc(OC)c(OC)c(S(=O)(=O)NCCNc2ncccc2C#N)c1. The zero-order valence-electron chi connectivity index (χ0n) is 17.2. The second-order valence-electron chi connectivity index (χ2n) is 5.95. The molecular formula is C20H22N4O6S. The zero-order valence-corrected chi connectivity index (χ0v) is 18.0. The Morgan fingerprint density at radius 3 is 2.65 bits per heavy atom. The Morgan fingerprint density at radius 1 is 1.23 bits per heavy atom. The first kappa shape index (κ1) is 23.7. The molecule has 164 valence electrons. The van der Waals surface area contributed by atoms with Crippen molar-refractivity contribution < 1.29 is 27.4 Å². The number of anilines is 1. The van der Waals surface area contributed by atoms with Crippen molar-refractivity contribution in [2.45, 2.75) is 4.90 Å². The van der Waals surface area contributed by atoms with Crippen LogP contribution in [0.15, 0.2) is 41.4 Å². The molecule has 31 heavy (non-hydrogen) atoms. The van der Waals surface area contributed by atoms with E-state index in [0.717, 1.165) is 6.08 Å². The Bertz CT molecular complexity index is 1110. The second kappa shape index (κ2) is 11.0. The van der Waals surface area contributed by atoms with Crippen molar-refractivity contribution in [3.63, 3.8) is 0 Å². The molecule has 1 aromatic carbocycles. The molecule has 2 aromatic rings. The van der Waals surface area contributed by atoms with E-state index in [9.17, 15) is 13.2 Å². The van der Waals surface area contributed by atoms with Crippen LogP contribution in [-0.2, 0) is 19.6 Å². The molecule has 0 aliphatic carbocycles. The Hall–Kier alpha value is -3.62. The molecule has 1 aromatic heterocycles. The zero-order chi connectivity index (χ0) is 22.9. The van der Waals surface area contributed by atoms with Gasteiger partial charge in [0, 0.05) is 25.4 Å². The number of aromatic nitrogens is 1. The maximum Gasteiger partial charge on any atom is 0.330 e. The third kappa shape index (κ3) is 6.18. The fourth-order valence-corrected chi connectivity index (χ4v) is 3.80. The fraction of sp³-hybridized carbons (Fsp3) is 0.250. The molecule has 0 aliphatic heterocycles. The number of methoxy groups -OCH3 is 3. The van der Waals surface area contributed by atoms with Gasteiger partial charge in [-0.2, -0.15) is 5.26 Å². The van der Waals surface area contributed by atoms with E-state index in [4.69, 9.17) is 14.7 Å². The van der Waals surface area contributed by atoms with E-state index in [2.05, 4.69) is 19.8 Å². The van der Waals surface area contributed by atoms with E-state index in [0.29, 0.717) is 16.9 Å². The summed E-state index contributed by atoms with van der Waals surface area (Å²) in [5.74, 6) is -0.0251. The summed E-state index contributed by atoms with van der Waals surface area (Å²) in [4.78, 5) is 15.2. The number of nitrogens with zero attached hydrogens (tertiary/aromatic N) is 2. The van der Waals surface area contributed by atoms with Crippen LogP contribution in [0.1, 0.15) is 11.1 Å². The third-order valence-electron chi connectivity index (χ3n) is 4.01. The van der Waals surface area contributed by atoms with Crippen molar-refractivity contribution in [3.8, 4) is 17.6 Å². The number of hydrogen-bond donors (Lipinski definition) is 2. The second-order valence-corrected chi connectivity index (χ2v) is 7.68. The molecule has 0 saturated carbocycles. The van der Waals surface area contributed by atoms with Crippen molar-refractivity contribution in [3.05, 3.63) is 47.7 Å². The number of carbonyl (C=O) groups is 1. The number of pyridine rings is 1. The van der Waals surface area contributed by atoms with Crippen LogP contribution in [0.3, 0.4) is 0 Å². The molecule has 1 heterocycles. The molecule has 2 N–H and O–H groups in total. The molecule has 0 unspecified atom stereocenters. The van der Waals surface area contributed by atoms with Gasteiger partial charge in [-0.25, -0.2) is 22.9 Å². The van der Waals surface area contributed by atoms with Crippen molar-refractivity contribution in [1.29, 1.82) is 5.26 Å². The quantitative estimate of drug-likeness (QED) is 0.316. The number of nitrogens with one attached hydrogen (secondary N) is 2. The van der Waals surface area contributed by atoms with Crippen LogP contribution < -0.4 is 19.5 Å². The smallest absolute Gasteiger partial charge is 0.330 e. The van der Waals surface area contributed by atoms with E-state index in [1.165, 1.54) is 45.7 Å². The standard InChI is InChI=1S/C20H22N4O6S/c1-28-16-11-14(6-7-18(25)29-2)12-17(19(16)30-3)31(26,27)24-10-9-23-20-15(13-21)5-4-8-22-20/h4-8,11-12,24H,9-10H2,1-3H3,(H,22,23)/b7-6+. The summed E-state index contributed by atoms with van der Waals surface area (Å²) in [5.41, 5.74) is 0.746. The van der Waals surface area contributed by atoms with Gasteiger partial charge in [0.25, 0.3) is 0 Å². The van der Waals surface area contributed by atoms with Gasteiger partial charge in [0.15, 0.2) is 11.5 Å². The van der Waals surface area contributed by atoms with E-state index >= 15 is 0 Å². The molecule has 2 rings (SSSR count). The van der Waals surface area contributed by atoms with Gasteiger partial charge < -0.3 is 19.5 Å². The Balaban J connectivity index is 2.22. The number of ether oxygens (including phenoxy) is 3. The number of hydrogen-bond acceptors (Lipinski definition) is 9. The topological polar surface area (TPSA) is 140 Å². The predicted molar refractivity (Wildman–Crippen MR) is 113 cm³/mol. The van der Waals surface area contributed by atoms with Crippen LogP contribution in [0.5, 0.6) is 11.5 Å². The van der Waals surface area contributed by atoms with Crippen LogP contribution in [0.4, 0.5) is 5.82 Å². The highest BCUT2D eigenvalue weighted by Gasteiger charge is 2.23. The van der Waals surface area contributed by atoms with E-state index in [1.54, 1.807) is 12.1 Å². The van der Waals surface area contributed by atoms with Gasteiger partial charge >= 0.3 is 5.97 Å². The number of sulfonamides is 1. The Labute approximate surface area is 180 Å². The lowest BCUT2D eigenvalue weighted by Crippen LogP contribution is -2.29. The molecule has 11 heteroatoms. The van der Waals surface area contributed by atoms with E-state index in [1.807, 2.05) is 6.07 Å². The number of rotatable bonds is 10. The van der Waals surface area contributed by atoms with Gasteiger partial charge in [-0.3, -0.25) is 0 Å². The molecule has 10 nitrogen and oxygen atoms in total. The summed E-state index contributed by atoms with van der Waals surface area (Å²) >= 11 is 0. The molecule has 0 bridgehead atoms. The largest absolute Gasteiger partial charge is 0.493 e. The van der Waals surface area contributed by atoms with Crippen LogP contribution in [0, 0.1) is 11.3 Å². The average Bonchev–Trinajstić information content (AvgIpc) is 2.79. The normalized spacial score (nSPS) is 11.0. The first-order valence-electron chi connectivity index (χ1n) is 8.97. The predicted octanol–water partition coefficient (Wildman–Crippen LogP) is 1.55. The highest BCUT2D eigenvalue weighted by atomic mass is 32.2. The molecule has 0 saturated heterocycles. The highest BCUT2D eigenvalue weighted by molar-refractivity contribution is 7.89. The molecule has 0 radical (unpaired) electrons. The fourth-order valence-electron chi connectivity index (χ4n) is 2.56.